The van der Waals surface area contributed by atoms with Crippen LogP contribution in [0, 0.1) is 0 Å². The maximum absolute atomic E-state index is 11.8. The van der Waals surface area contributed by atoms with E-state index in [2.05, 4.69) is 5.32 Å². The largest absolute Gasteiger partial charge is 0.368 e. The third-order valence-corrected chi connectivity index (χ3v) is 3.20. The SMILES string of the molecule is NC(CNC(=O)C1CCCCO1)c1ccccc1. The van der Waals surface area contributed by atoms with Gasteiger partial charge in [0, 0.05) is 19.2 Å². The lowest BCUT2D eigenvalue weighted by molar-refractivity contribution is -0.135. The van der Waals surface area contributed by atoms with E-state index in [1.165, 1.54) is 0 Å². The molecule has 2 atom stereocenters. The van der Waals surface area contributed by atoms with Crippen LogP contribution in [0.2, 0.25) is 0 Å². The average Bonchev–Trinajstić information content (AvgIpc) is 2.46. The zero-order valence-electron chi connectivity index (χ0n) is 10.5. The number of benzene rings is 1. The van der Waals surface area contributed by atoms with Gasteiger partial charge in [0.1, 0.15) is 6.10 Å². The minimum atomic E-state index is -0.290. The van der Waals surface area contributed by atoms with E-state index in [0.717, 1.165) is 24.8 Å². The Bertz CT molecular complexity index is 375. The molecule has 98 valence electrons. The third-order valence-electron chi connectivity index (χ3n) is 3.20. The molecule has 18 heavy (non-hydrogen) atoms. The molecule has 2 unspecified atom stereocenters. The van der Waals surface area contributed by atoms with Crippen molar-refractivity contribution in [3.63, 3.8) is 0 Å². The molecule has 4 heteroatoms. The summed E-state index contributed by atoms with van der Waals surface area (Å²) in [4.78, 5) is 11.8. The molecule has 0 aromatic heterocycles. The third kappa shape index (κ3) is 3.55. The van der Waals surface area contributed by atoms with Gasteiger partial charge >= 0.3 is 0 Å². The van der Waals surface area contributed by atoms with E-state index in [1.54, 1.807) is 0 Å². The molecule has 0 saturated carbocycles. The van der Waals surface area contributed by atoms with E-state index in [9.17, 15) is 4.79 Å². The van der Waals surface area contributed by atoms with Gasteiger partial charge in [-0.05, 0) is 24.8 Å². The first kappa shape index (κ1) is 13.1. The first-order chi connectivity index (χ1) is 8.77. The smallest absolute Gasteiger partial charge is 0.249 e. The predicted molar refractivity (Wildman–Crippen MR) is 70.0 cm³/mol. The number of carbonyl (C=O) groups is 1. The molecule has 1 aliphatic heterocycles. The van der Waals surface area contributed by atoms with Gasteiger partial charge in [-0.2, -0.15) is 0 Å². The van der Waals surface area contributed by atoms with E-state index in [4.69, 9.17) is 10.5 Å². The van der Waals surface area contributed by atoms with Crippen molar-refractivity contribution in [3.05, 3.63) is 35.9 Å². The van der Waals surface area contributed by atoms with Crippen LogP contribution in [0.15, 0.2) is 30.3 Å². The summed E-state index contributed by atoms with van der Waals surface area (Å²) in [5.74, 6) is -0.0407. The summed E-state index contributed by atoms with van der Waals surface area (Å²) in [7, 11) is 0. The zero-order chi connectivity index (χ0) is 12.8. The van der Waals surface area contributed by atoms with E-state index >= 15 is 0 Å². The molecule has 0 bridgehead atoms. The van der Waals surface area contributed by atoms with Gasteiger partial charge in [0.25, 0.3) is 0 Å². The maximum atomic E-state index is 11.8. The Morgan fingerprint density at radius 2 is 2.17 bits per heavy atom. The van der Waals surface area contributed by atoms with Crippen LogP contribution in [0.4, 0.5) is 0 Å². The highest BCUT2D eigenvalue weighted by molar-refractivity contribution is 5.80. The number of carbonyl (C=O) groups excluding carboxylic acids is 1. The predicted octanol–water partition coefficient (Wildman–Crippen LogP) is 1.37. The topological polar surface area (TPSA) is 64.3 Å². The van der Waals surface area contributed by atoms with Crippen LogP contribution in [0.3, 0.4) is 0 Å². The van der Waals surface area contributed by atoms with Crippen molar-refractivity contribution < 1.29 is 9.53 Å². The molecule has 0 radical (unpaired) electrons. The highest BCUT2D eigenvalue weighted by Crippen LogP contribution is 2.13. The summed E-state index contributed by atoms with van der Waals surface area (Å²) in [5, 5.41) is 2.86. The number of amides is 1. The van der Waals surface area contributed by atoms with Crippen LogP contribution in [-0.2, 0) is 9.53 Å². The fourth-order valence-electron chi connectivity index (χ4n) is 2.09. The Morgan fingerprint density at radius 1 is 1.39 bits per heavy atom. The van der Waals surface area contributed by atoms with Crippen LogP contribution < -0.4 is 11.1 Å². The van der Waals surface area contributed by atoms with Gasteiger partial charge in [0.15, 0.2) is 0 Å². The molecular weight excluding hydrogens is 228 g/mol. The zero-order valence-corrected chi connectivity index (χ0v) is 10.5. The Hall–Kier alpha value is -1.39. The minimum Gasteiger partial charge on any atom is -0.368 e. The normalized spacial score (nSPS) is 21.3. The van der Waals surface area contributed by atoms with Crippen molar-refractivity contribution in [3.8, 4) is 0 Å². The van der Waals surface area contributed by atoms with E-state index < -0.39 is 0 Å². The van der Waals surface area contributed by atoms with Gasteiger partial charge < -0.3 is 15.8 Å². The summed E-state index contributed by atoms with van der Waals surface area (Å²) >= 11 is 0. The molecular formula is C14H20N2O2. The van der Waals surface area contributed by atoms with E-state index in [-0.39, 0.29) is 18.1 Å². The van der Waals surface area contributed by atoms with E-state index in [0.29, 0.717) is 13.2 Å². The second-order valence-electron chi connectivity index (χ2n) is 4.62. The Balaban J connectivity index is 1.78. The molecule has 1 amide bonds. The quantitative estimate of drug-likeness (QED) is 0.846. The fourth-order valence-corrected chi connectivity index (χ4v) is 2.09. The van der Waals surface area contributed by atoms with E-state index in [1.807, 2.05) is 30.3 Å². The second kappa shape index (κ2) is 6.52. The molecule has 0 aliphatic carbocycles. The molecule has 2 rings (SSSR count). The summed E-state index contributed by atoms with van der Waals surface area (Å²) < 4.78 is 5.42. The lowest BCUT2D eigenvalue weighted by Crippen LogP contribution is -2.41. The Labute approximate surface area is 108 Å². The average molecular weight is 248 g/mol. The van der Waals surface area contributed by atoms with Crippen LogP contribution >= 0.6 is 0 Å². The lowest BCUT2D eigenvalue weighted by Gasteiger charge is -2.22. The number of nitrogens with two attached hydrogens (primary N) is 1. The van der Waals surface area contributed by atoms with Crippen LogP contribution in [-0.4, -0.2) is 25.2 Å². The van der Waals surface area contributed by atoms with Gasteiger partial charge in [-0.3, -0.25) is 4.79 Å². The van der Waals surface area contributed by atoms with Crippen LogP contribution in [0.25, 0.3) is 0 Å². The van der Waals surface area contributed by atoms with Gasteiger partial charge in [-0.15, -0.1) is 0 Å². The summed E-state index contributed by atoms with van der Waals surface area (Å²) in [6, 6.07) is 9.61. The van der Waals surface area contributed by atoms with Gasteiger partial charge in [0.2, 0.25) is 5.91 Å². The van der Waals surface area contributed by atoms with Crippen molar-refractivity contribution in [2.75, 3.05) is 13.2 Å². The molecule has 1 aromatic carbocycles. The molecule has 0 spiro atoms. The number of hydrogen-bond donors (Lipinski definition) is 2. The number of rotatable bonds is 4. The summed E-state index contributed by atoms with van der Waals surface area (Å²) in [6.45, 7) is 1.13. The second-order valence-corrected chi connectivity index (χ2v) is 4.62. The van der Waals surface area contributed by atoms with Crippen molar-refractivity contribution in [1.82, 2.24) is 5.32 Å². The van der Waals surface area contributed by atoms with Crippen LogP contribution in [0.5, 0.6) is 0 Å². The van der Waals surface area contributed by atoms with Gasteiger partial charge in [0.05, 0.1) is 0 Å². The molecule has 1 fully saturated rings. The molecule has 1 aliphatic rings. The molecule has 4 nitrogen and oxygen atoms in total. The van der Waals surface area contributed by atoms with Crippen LogP contribution in [0.1, 0.15) is 30.9 Å². The fraction of sp³-hybridized carbons (Fsp3) is 0.500. The number of hydrogen-bond acceptors (Lipinski definition) is 3. The first-order valence-electron chi connectivity index (χ1n) is 6.47. The van der Waals surface area contributed by atoms with Crippen molar-refractivity contribution in [2.24, 2.45) is 5.73 Å². The highest BCUT2D eigenvalue weighted by atomic mass is 16.5. The van der Waals surface area contributed by atoms with Crippen molar-refractivity contribution >= 4 is 5.91 Å². The number of nitrogens with one attached hydrogen (secondary N) is 1. The monoisotopic (exact) mass is 248 g/mol. The molecule has 3 N–H and O–H groups in total. The summed E-state index contributed by atoms with van der Waals surface area (Å²) in [6.07, 6.45) is 2.63. The molecule has 1 saturated heterocycles. The first-order valence-corrected chi connectivity index (χ1v) is 6.47. The molecule has 1 heterocycles. The van der Waals surface area contributed by atoms with Gasteiger partial charge in [-0.1, -0.05) is 30.3 Å². The standard InChI is InChI=1S/C14H20N2O2/c15-12(11-6-2-1-3-7-11)10-16-14(17)13-8-4-5-9-18-13/h1-3,6-7,12-13H,4-5,8-10,15H2,(H,16,17). The van der Waals surface area contributed by atoms with Crippen molar-refractivity contribution in [2.45, 2.75) is 31.4 Å². The Morgan fingerprint density at radius 3 is 2.83 bits per heavy atom. The van der Waals surface area contributed by atoms with Gasteiger partial charge in [-0.25, -0.2) is 0 Å². The highest BCUT2D eigenvalue weighted by Gasteiger charge is 2.22. The minimum absolute atomic E-state index is 0.0407. The lowest BCUT2D eigenvalue weighted by atomic mass is 10.1. The Kier molecular flexibility index (Phi) is 4.73. The molecule has 1 aromatic rings. The maximum Gasteiger partial charge on any atom is 0.249 e. The summed E-state index contributed by atoms with van der Waals surface area (Å²) in [5.41, 5.74) is 7.05. The van der Waals surface area contributed by atoms with Crippen molar-refractivity contribution in [1.29, 1.82) is 0 Å². The number of ether oxygens (including phenoxy) is 1.